The lowest BCUT2D eigenvalue weighted by Gasteiger charge is -2.08. The molecule has 6 nitrogen and oxygen atoms in total. The van der Waals surface area contributed by atoms with Crippen molar-refractivity contribution < 1.29 is 30.8 Å². The number of nitrogens with zero attached hydrogens (tertiary/aromatic N) is 1. The molecule has 0 amide bonds. The maximum Gasteiger partial charge on any atom is 0.485 e. The molecule has 0 aliphatic rings. The van der Waals surface area contributed by atoms with Gasteiger partial charge in [-0.2, -0.15) is 13.2 Å². The van der Waals surface area contributed by atoms with Crippen LogP contribution in [0.2, 0.25) is 0 Å². The number of nitrogens with one attached hydrogen (secondary N) is 1. The van der Waals surface area contributed by atoms with Crippen LogP contribution in [0.3, 0.4) is 0 Å². The summed E-state index contributed by atoms with van der Waals surface area (Å²) in [5, 5.41) is 3.43. The van der Waals surface area contributed by atoms with Crippen molar-refractivity contribution in [2.45, 2.75) is 5.51 Å². The van der Waals surface area contributed by atoms with E-state index in [-0.39, 0.29) is 0 Å². The number of halogens is 4. The number of nitrogen functional groups attached to an aromatic ring is 1. The molecule has 0 saturated carbocycles. The van der Waals surface area contributed by atoms with E-state index < -0.39 is 15.6 Å². The smallest absolute Gasteiger partial charge is 0.485 e. The molecule has 180 valence electrons. The van der Waals surface area contributed by atoms with Gasteiger partial charge in [0.15, 0.2) is 10.1 Å². The number of fused-ring (bicyclic) bond motifs is 2. The molecule has 3 aromatic carbocycles. The van der Waals surface area contributed by atoms with Gasteiger partial charge in [-0.25, -0.2) is 14.3 Å². The number of hydrogen-bond acceptors (Lipinski definition) is 4. The Labute approximate surface area is 206 Å². The summed E-state index contributed by atoms with van der Waals surface area (Å²) in [6.45, 7) is 0. The van der Waals surface area contributed by atoms with Crippen LogP contribution in [0.4, 0.5) is 13.2 Å². The number of hydrogen-bond donors (Lipinski definition) is 2. The van der Waals surface area contributed by atoms with Crippen molar-refractivity contribution in [3.05, 3.63) is 89.5 Å². The Morgan fingerprint density at radius 1 is 0.914 bits per heavy atom. The largest absolute Gasteiger partial charge is 0.741 e. The van der Waals surface area contributed by atoms with Crippen LogP contribution >= 0.6 is 15.9 Å². The second-order valence-corrected chi connectivity index (χ2v) is 9.78. The van der Waals surface area contributed by atoms with Crippen LogP contribution in [-0.4, -0.2) is 23.5 Å². The van der Waals surface area contributed by atoms with E-state index >= 15 is 0 Å². The van der Waals surface area contributed by atoms with Gasteiger partial charge in [0.05, 0.1) is 10.9 Å². The SMILES string of the molecule is N[n+]1c(-c2ccccc2)cc2ccccc2c1-c1c[nH]c2ccc(Br)cc12.O=S(=O)([O-])C(F)(F)F. The molecule has 0 saturated heterocycles. The zero-order valence-corrected chi connectivity index (χ0v) is 20.2. The topological polar surface area (TPSA) is 103 Å². The normalized spacial score (nSPS) is 11.9. The number of rotatable bonds is 2. The lowest BCUT2D eigenvalue weighted by Crippen LogP contribution is -2.48. The highest BCUT2D eigenvalue weighted by molar-refractivity contribution is 9.10. The van der Waals surface area contributed by atoms with E-state index in [9.17, 15) is 13.2 Å². The number of H-pyrrole nitrogens is 1. The molecule has 0 spiro atoms. The van der Waals surface area contributed by atoms with Gasteiger partial charge in [-0.1, -0.05) is 57.0 Å². The Balaban J connectivity index is 0.000000314. The average Bonchev–Trinajstić information content (AvgIpc) is 3.21. The monoisotopic (exact) mass is 563 g/mol. The molecule has 0 unspecified atom stereocenters. The van der Waals surface area contributed by atoms with Crippen LogP contribution in [0.25, 0.3) is 44.2 Å². The molecule has 5 aromatic rings. The summed E-state index contributed by atoms with van der Waals surface area (Å²) in [7, 11) is -6.09. The minimum Gasteiger partial charge on any atom is -0.741 e. The number of aromatic nitrogens is 2. The maximum atomic E-state index is 10.7. The van der Waals surface area contributed by atoms with Gasteiger partial charge in [0.25, 0.3) is 5.69 Å². The summed E-state index contributed by atoms with van der Waals surface area (Å²) >= 11 is 3.59. The van der Waals surface area contributed by atoms with Gasteiger partial charge in [0, 0.05) is 33.2 Å². The Bertz CT molecular complexity index is 1640. The molecule has 5 rings (SSSR count). The first-order valence-corrected chi connectivity index (χ1v) is 12.2. The van der Waals surface area contributed by atoms with Crippen LogP contribution in [0, 0.1) is 0 Å². The first-order valence-electron chi connectivity index (χ1n) is 10.0. The maximum absolute atomic E-state index is 10.7. The fourth-order valence-electron chi connectivity index (χ4n) is 3.70. The Morgan fingerprint density at radius 2 is 1.54 bits per heavy atom. The van der Waals surface area contributed by atoms with E-state index in [0.29, 0.717) is 0 Å². The van der Waals surface area contributed by atoms with Crippen LogP contribution < -0.4 is 10.5 Å². The number of aromatic amines is 1. The molecular formula is C24H17BrF3N3O3S. The number of alkyl halides is 3. The standard InChI is InChI=1S/C23H16BrN3.CHF3O3S/c24-17-10-11-21-19(13-17)20(14-26-21)23-18-9-5-4-8-16(18)12-22(27(23)25)15-6-2-1-3-7-15;2-1(3,4)8(5,6)7/h1-14H,25H2;(H,5,6,7). The molecule has 0 aliphatic heterocycles. The Hall–Kier alpha value is -3.41. The third-order valence-electron chi connectivity index (χ3n) is 5.26. The van der Waals surface area contributed by atoms with Crippen molar-refractivity contribution in [3.63, 3.8) is 0 Å². The lowest BCUT2D eigenvalue weighted by atomic mass is 10.00. The van der Waals surface area contributed by atoms with Gasteiger partial charge in [0.1, 0.15) is 0 Å². The highest BCUT2D eigenvalue weighted by Gasteiger charge is 2.37. The Morgan fingerprint density at radius 3 is 2.20 bits per heavy atom. The summed E-state index contributed by atoms with van der Waals surface area (Å²) in [6.07, 6.45) is 2.04. The van der Waals surface area contributed by atoms with Crippen molar-refractivity contribution in [2.24, 2.45) is 0 Å². The molecule has 2 heterocycles. The minimum atomic E-state index is -6.09. The molecule has 35 heavy (non-hydrogen) atoms. The molecule has 0 radical (unpaired) electrons. The molecule has 0 atom stereocenters. The summed E-state index contributed by atoms with van der Waals surface area (Å²) in [4.78, 5) is 3.38. The van der Waals surface area contributed by atoms with Gasteiger partial charge in [-0.3, -0.25) is 0 Å². The van der Waals surface area contributed by atoms with E-state index in [1.165, 1.54) is 0 Å². The van der Waals surface area contributed by atoms with Gasteiger partial charge < -0.3 is 9.54 Å². The quantitative estimate of drug-likeness (QED) is 0.129. The van der Waals surface area contributed by atoms with Crippen LogP contribution in [-0.2, 0) is 10.1 Å². The summed E-state index contributed by atoms with van der Waals surface area (Å²) < 4.78 is 61.8. The molecule has 0 aliphatic carbocycles. The molecule has 11 heteroatoms. The fourth-order valence-corrected chi connectivity index (χ4v) is 4.06. The highest BCUT2D eigenvalue weighted by atomic mass is 79.9. The van der Waals surface area contributed by atoms with Crippen molar-refractivity contribution in [3.8, 4) is 22.5 Å². The van der Waals surface area contributed by atoms with Gasteiger partial charge >= 0.3 is 5.51 Å². The van der Waals surface area contributed by atoms with E-state index in [0.717, 1.165) is 48.7 Å². The number of pyridine rings is 1. The predicted octanol–water partition coefficient (Wildman–Crippen LogP) is 5.47. The van der Waals surface area contributed by atoms with Crippen LogP contribution in [0.5, 0.6) is 0 Å². The predicted molar refractivity (Wildman–Crippen MR) is 130 cm³/mol. The summed E-state index contributed by atoms with van der Waals surface area (Å²) in [5.41, 5.74) is -0.407. The molecule has 0 fully saturated rings. The number of benzene rings is 3. The third kappa shape index (κ3) is 5.02. The average molecular weight is 564 g/mol. The first-order chi connectivity index (χ1) is 16.5. The second-order valence-electron chi connectivity index (χ2n) is 7.49. The zero-order chi connectivity index (χ0) is 25.4. The highest BCUT2D eigenvalue weighted by Crippen LogP contribution is 2.34. The summed E-state index contributed by atoms with van der Waals surface area (Å²) in [5.74, 6) is 6.69. The minimum absolute atomic E-state index is 0.980. The molecule has 2 aromatic heterocycles. The van der Waals surface area contributed by atoms with Crippen LogP contribution in [0.1, 0.15) is 0 Å². The molecule has 0 bridgehead atoms. The van der Waals surface area contributed by atoms with E-state index in [4.69, 9.17) is 18.8 Å². The van der Waals surface area contributed by atoms with E-state index in [2.05, 4.69) is 75.5 Å². The van der Waals surface area contributed by atoms with E-state index in [1.807, 2.05) is 30.5 Å². The Kier molecular flexibility index (Phi) is 6.58. The first kappa shape index (κ1) is 24.7. The van der Waals surface area contributed by atoms with Crippen LogP contribution in [0.15, 0.2) is 89.5 Å². The summed E-state index contributed by atoms with van der Waals surface area (Å²) in [6, 6.07) is 27.0. The van der Waals surface area contributed by atoms with Crippen molar-refractivity contribution >= 4 is 47.7 Å². The molecular weight excluding hydrogens is 547 g/mol. The van der Waals surface area contributed by atoms with Crippen molar-refractivity contribution in [1.29, 1.82) is 0 Å². The zero-order valence-electron chi connectivity index (χ0n) is 17.8. The number of nitrogens with two attached hydrogens (primary N) is 1. The van der Waals surface area contributed by atoms with Gasteiger partial charge in [0.2, 0.25) is 5.69 Å². The fraction of sp³-hybridized carbons (Fsp3) is 0.0417. The third-order valence-corrected chi connectivity index (χ3v) is 6.32. The lowest BCUT2D eigenvalue weighted by molar-refractivity contribution is -0.614. The van der Waals surface area contributed by atoms with Gasteiger partial charge in [-0.05, 0) is 41.8 Å². The molecule has 3 N–H and O–H groups in total. The van der Waals surface area contributed by atoms with Crippen molar-refractivity contribution in [1.82, 2.24) is 4.98 Å². The second kappa shape index (κ2) is 9.33. The van der Waals surface area contributed by atoms with Crippen molar-refractivity contribution in [2.75, 3.05) is 5.84 Å². The van der Waals surface area contributed by atoms with Gasteiger partial charge in [-0.15, -0.1) is 0 Å². The van der Waals surface area contributed by atoms with E-state index in [1.54, 1.807) is 4.68 Å².